The van der Waals surface area contributed by atoms with Crippen molar-refractivity contribution in [2.45, 2.75) is 18.6 Å². The van der Waals surface area contributed by atoms with Crippen LogP contribution in [0.1, 0.15) is 17.5 Å². The molecular weight excluding hydrogens is 369 g/mol. The van der Waals surface area contributed by atoms with E-state index < -0.39 is 11.7 Å². The molecule has 0 spiro atoms. The Morgan fingerprint density at radius 2 is 1.96 bits per heavy atom. The Kier molecular flexibility index (Phi) is 5.31. The number of aromatic nitrogens is 2. The minimum atomic E-state index is -4.52. The van der Waals surface area contributed by atoms with Gasteiger partial charge in [-0.3, -0.25) is 0 Å². The lowest BCUT2D eigenvalue weighted by Crippen LogP contribution is -2.36. The largest absolute Gasteiger partial charge is 0.418 e. The molecule has 1 aromatic heterocycles. The molecule has 148 valence electrons. The number of nitriles is 1. The quantitative estimate of drug-likeness (QED) is 0.799. The molecule has 9 heteroatoms. The number of nitrogens with zero attached hydrogens (tertiary/aromatic N) is 6. The Balaban J connectivity index is 1.83. The average Bonchev–Trinajstić information content (AvgIpc) is 3.16. The molecule has 0 bridgehead atoms. The fraction of sp³-hybridized carbons (Fsp3) is 0.421. The van der Waals surface area contributed by atoms with Crippen LogP contribution >= 0.6 is 0 Å². The van der Waals surface area contributed by atoms with Gasteiger partial charge in [-0.25, -0.2) is 4.98 Å². The molecule has 1 fully saturated rings. The Hall–Kier alpha value is -3.02. The first kappa shape index (κ1) is 19.7. The van der Waals surface area contributed by atoms with Crippen LogP contribution in [0.25, 0.3) is 0 Å². The van der Waals surface area contributed by atoms with Crippen LogP contribution in [0.4, 0.5) is 30.6 Å². The van der Waals surface area contributed by atoms with E-state index in [1.165, 1.54) is 12.1 Å². The predicted molar refractivity (Wildman–Crippen MR) is 102 cm³/mol. The van der Waals surface area contributed by atoms with Crippen LogP contribution in [0.2, 0.25) is 0 Å². The van der Waals surface area contributed by atoms with Crippen molar-refractivity contribution < 1.29 is 13.2 Å². The number of benzene rings is 1. The highest BCUT2D eigenvalue weighted by molar-refractivity contribution is 5.59. The fourth-order valence-corrected chi connectivity index (χ4v) is 3.31. The summed E-state index contributed by atoms with van der Waals surface area (Å²) < 4.78 is 40.5. The highest BCUT2D eigenvalue weighted by Gasteiger charge is 2.37. The molecule has 1 atom stereocenters. The number of likely N-dealkylation sites (N-methyl/N-ethyl adjacent to an activating group) is 1. The second-order valence-electron chi connectivity index (χ2n) is 6.95. The second kappa shape index (κ2) is 7.54. The van der Waals surface area contributed by atoms with Crippen molar-refractivity contribution >= 4 is 17.5 Å². The molecule has 28 heavy (non-hydrogen) atoms. The number of halogens is 3. The van der Waals surface area contributed by atoms with Crippen LogP contribution < -0.4 is 14.7 Å². The van der Waals surface area contributed by atoms with E-state index in [9.17, 15) is 13.2 Å². The SMILES string of the molecule is CN(C)c1ccnc(N(C)C2CCN(c3ccc(C#N)cc3C(F)(F)F)C2)n1. The van der Waals surface area contributed by atoms with Gasteiger partial charge in [0.2, 0.25) is 5.95 Å². The lowest BCUT2D eigenvalue weighted by Gasteiger charge is -2.27. The van der Waals surface area contributed by atoms with E-state index in [2.05, 4.69) is 9.97 Å². The molecule has 1 aliphatic heterocycles. The van der Waals surface area contributed by atoms with Crippen LogP contribution in [-0.2, 0) is 6.18 Å². The number of hydrogen-bond donors (Lipinski definition) is 0. The molecule has 2 aromatic rings. The van der Waals surface area contributed by atoms with Crippen molar-refractivity contribution in [1.29, 1.82) is 5.26 Å². The molecule has 6 nitrogen and oxygen atoms in total. The second-order valence-corrected chi connectivity index (χ2v) is 6.95. The van der Waals surface area contributed by atoms with Crippen LogP contribution in [0.15, 0.2) is 30.5 Å². The van der Waals surface area contributed by atoms with Gasteiger partial charge in [-0.1, -0.05) is 0 Å². The van der Waals surface area contributed by atoms with Gasteiger partial charge in [-0.2, -0.15) is 23.4 Å². The van der Waals surface area contributed by atoms with Crippen LogP contribution in [0.5, 0.6) is 0 Å². The van der Waals surface area contributed by atoms with Gasteiger partial charge in [0.05, 0.1) is 23.2 Å². The standard InChI is InChI=1S/C19H21F3N6/c1-26(2)17-6-8-24-18(25-17)27(3)14-7-9-28(12-14)16-5-4-13(11-23)10-15(16)19(20,21)22/h4-6,8,10,14H,7,9,12H2,1-3H3. The van der Waals surface area contributed by atoms with Crippen molar-refractivity contribution in [2.75, 3.05) is 48.9 Å². The van der Waals surface area contributed by atoms with Crippen molar-refractivity contribution in [3.63, 3.8) is 0 Å². The minimum absolute atomic E-state index is 0.00200. The zero-order valence-corrected chi connectivity index (χ0v) is 15.9. The normalized spacial score (nSPS) is 16.8. The Labute approximate surface area is 161 Å². The summed E-state index contributed by atoms with van der Waals surface area (Å²) in [6.07, 6.45) is -2.16. The van der Waals surface area contributed by atoms with Crippen LogP contribution in [-0.4, -0.2) is 50.2 Å². The Bertz CT molecular complexity index is 890. The summed E-state index contributed by atoms with van der Waals surface area (Å²) in [6.45, 7) is 0.901. The molecule has 3 rings (SSSR count). The first-order chi connectivity index (χ1) is 13.2. The molecule has 0 amide bonds. The van der Waals surface area contributed by atoms with Gasteiger partial charge in [-0.05, 0) is 30.7 Å². The molecule has 1 aromatic carbocycles. The molecule has 0 N–H and O–H groups in total. The van der Waals surface area contributed by atoms with Crippen molar-refractivity contribution in [1.82, 2.24) is 9.97 Å². The molecule has 1 aliphatic rings. The third-order valence-corrected chi connectivity index (χ3v) is 4.88. The summed E-state index contributed by atoms with van der Waals surface area (Å²) in [7, 11) is 5.62. The summed E-state index contributed by atoms with van der Waals surface area (Å²) in [6, 6.07) is 7.27. The lowest BCUT2D eigenvalue weighted by molar-refractivity contribution is -0.137. The maximum Gasteiger partial charge on any atom is 0.418 e. The van der Waals surface area contributed by atoms with Gasteiger partial charge in [0.1, 0.15) is 5.82 Å². The fourth-order valence-electron chi connectivity index (χ4n) is 3.31. The molecule has 0 aliphatic carbocycles. The van der Waals surface area contributed by atoms with Crippen LogP contribution in [0.3, 0.4) is 0 Å². The van der Waals surface area contributed by atoms with E-state index in [4.69, 9.17) is 5.26 Å². The Morgan fingerprint density at radius 1 is 1.21 bits per heavy atom. The third-order valence-electron chi connectivity index (χ3n) is 4.88. The number of rotatable bonds is 4. The van der Waals surface area contributed by atoms with E-state index in [0.717, 1.165) is 11.9 Å². The Morgan fingerprint density at radius 3 is 2.61 bits per heavy atom. The monoisotopic (exact) mass is 390 g/mol. The maximum absolute atomic E-state index is 13.5. The van der Waals surface area contributed by atoms with E-state index in [1.54, 1.807) is 23.2 Å². The van der Waals surface area contributed by atoms with E-state index in [-0.39, 0.29) is 17.3 Å². The smallest absolute Gasteiger partial charge is 0.369 e. The summed E-state index contributed by atoms with van der Waals surface area (Å²) >= 11 is 0. The molecule has 1 saturated heterocycles. The van der Waals surface area contributed by atoms with Gasteiger partial charge in [-0.15, -0.1) is 0 Å². The summed E-state index contributed by atoms with van der Waals surface area (Å²) in [5.74, 6) is 1.30. The lowest BCUT2D eigenvalue weighted by atomic mass is 10.1. The number of anilines is 3. The predicted octanol–water partition coefficient (Wildman–Crippen LogP) is 3.15. The maximum atomic E-state index is 13.5. The van der Waals surface area contributed by atoms with Gasteiger partial charge in [0.25, 0.3) is 0 Å². The molecular formula is C19H21F3N6. The van der Waals surface area contributed by atoms with Gasteiger partial charge in [0.15, 0.2) is 0 Å². The molecule has 0 saturated carbocycles. The van der Waals surface area contributed by atoms with Crippen molar-refractivity contribution in [3.05, 3.63) is 41.6 Å². The number of hydrogen-bond acceptors (Lipinski definition) is 6. The zero-order valence-electron chi connectivity index (χ0n) is 15.9. The number of alkyl halides is 3. The van der Waals surface area contributed by atoms with Crippen LogP contribution in [0, 0.1) is 11.3 Å². The molecule has 1 unspecified atom stereocenters. The van der Waals surface area contributed by atoms with Gasteiger partial charge in [0, 0.05) is 46.1 Å². The molecule has 2 heterocycles. The van der Waals surface area contributed by atoms with Crippen molar-refractivity contribution in [3.8, 4) is 6.07 Å². The highest BCUT2D eigenvalue weighted by atomic mass is 19.4. The first-order valence-electron chi connectivity index (χ1n) is 8.80. The van der Waals surface area contributed by atoms with Gasteiger partial charge < -0.3 is 14.7 Å². The van der Waals surface area contributed by atoms with E-state index >= 15 is 0 Å². The third kappa shape index (κ3) is 3.96. The van der Waals surface area contributed by atoms with Crippen molar-refractivity contribution in [2.24, 2.45) is 0 Å². The average molecular weight is 390 g/mol. The summed E-state index contributed by atoms with van der Waals surface area (Å²) in [5, 5.41) is 8.93. The van der Waals surface area contributed by atoms with E-state index in [1.807, 2.05) is 30.9 Å². The van der Waals surface area contributed by atoms with Gasteiger partial charge >= 0.3 is 6.18 Å². The zero-order chi connectivity index (χ0) is 20.5. The summed E-state index contributed by atoms with van der Waals surface area (Å²) in [4.78, 5) is 14.3. The highest BCUT2D eigenvalue weighted by Crippen LogP contribution is 2.38. The molecule has 0 radical (unpaired) electrons. The topological polar surface area (TPSA) is 59.3 Å². The minimum Gasteiger partial charge on any atom is -0.369 e. The summed E-state index contributed by atoms with van der Waals surface area (Å²) in [5.41, 5.74) is -0.677. The van der Waals surface area contributed by atoms with E-state index in [0.29, 0.717) is 25.5 Å². The first-order valence-corrected chi connectivity index (χ1v) is 8.80.